The average molecular weight is 392 g/mol. The minimum absolute atomic E-state index is 0.116. The van der Waals surface area contributed by atoms with Crippen molar-refractivity contribution in [2.24, 2.45) is 0 Å². The first kappa shape index (κ1) is 17.5. The Morgan fingerprint density at radius 1 is 1.21 bits per heavy atom. The number of piperazine rings is 1. The van der Waals surface area contributed by atoms with Crippen LogP contribution in [0, 0.1) is 0 Å². The monoisotopic (exact) mass is 392 g/mol. The lowest BCUT2D eigenvalue weighted by Gasteiger charge is -2.36. The molecule has 0 bridgehead atoms. The molecular weight excluding hydrogens is 372 g/mol. The Bertz CT molecular complexity index is 1090. The van der Waals surface area contributed by atoms with Gasteiger partial charge in [0.25, 0.3) is 5.91 Å². The molecule has 4 heterocycles. The molecule has 2 fully saturated rings. The molecule has 3 amide bonds. The summed E-state index contributed by atoms with van der Waals surface area (Å²) in [6, 6.07) is 9.31. The molecular formula is C21H20N4O4. The van der Waals surface area contributed by atoms with Crippen molar-refractivity contribution in [3.8, 4) is 0 Å². The van der Waals surface area contributed by atoms with Crippen LogP contribution in [0.4, 0.5) is 0 Å². The number of hydrogen-bond donors (Lipinski definition) is 3. The standard InChI is InChI=1S/C21H20N4O4/c26-19(17-6-3-9-29-17)23-15-7-8-25-18(15)20(27)24-16(21(25)28)10-12-11-22-14-5-2-1-4-13(12)14/h1-6,9,11,15-16,18,22H,7-8,10H2,(H,23,26)(H,24,27). The molecule has 3 aromatic rings. The van der Waals surface area contributed by atoms with Crippen molar-refractivity contribution in [3.63, 3.8) is 0 Å². The number of amides is 3. The average Bonchev–Trinajstić information content (AvgIpc) is 3.46. The Morgan fingerprint density at radius 2 is 2.07 bits per heavy atom. The molecule has 0 saturated carbocycles. The van der Waals surface area contributed by atoms with Gasteiger partial charge in [-0.3, -0.25) is 14.4 Å². The lowest BCUT2D eigenvalue weighted by molar-refractivity contribution is -0.147. The minimum Gasteiger partial charge on any atom is -0.459 e. The first-order valence-electron chi connectivity index (χ1n) is 9.62. The van der Waals surface area contributed by atoms with Crippen LogP contribution >= 0.6 is 0 Å². The Morgan fingerprint density at radius 3 is 2.90 bits per heavy atom. The van der Waals surface area contributed by atoms with Crippen LogP contribution in [0.3, 0.4) is 0 Å². The number of carbonyl (C=O) groups excluding carboxylic acids is 3. The van der Waals surface area contributed by atoms with E-state index in [0.717, 1.165) is 16.5 Å². The van der Waals surface area contributed by atoms with E-state index in [-0.39, 0.29) is 23.5 Å². The van der Waals surface area contributed by atoms with E-state index in [9.17, 15) is 14.4 Å². The van der Waals surface area contributed by atoms with Gasteiger partial charge < -0.3 is 24.9 Å². The maximum absolute atomic E-state index is 13.0. The SMILES string of the molecule is O=C(NC1CCN2C(=O)C(Cc3c[nH]c4ccccc34)NC(=O)C12)c1ccco1. The maximum Gasteiger partial charge on any atom is 0.287 e. The lowest BCUT2D eigenvalue weighted by atomic mass is 9.99. The number of nitrogens with zero attached hydrogens (tertiary/aromatic N) is 1. The second kappa shape index (κ2) is 6.80. The van der Waals surface area contributed by atoms with Gasteiger partial charge in [-0.25, -0.2) is 0 Å². The van der Waals surface area contributed by atoms with Gasteiger partial charge in [0.1, 0.15) is 12.1 Å². The third-order valence-corrected chi connectivity index (χ3v) is 5.72. The number of benzene rings is 1. The summed E-state index contributed by atoms with van der Waals surface area (Å²) in [6.07, 6.45) is 4.24. The van der Waals surface area contributed by atoms with Gasteiger partial charge in [0, 0.05) is 30.1 Å². The maximum atomic E-state index is 13.0. The second-order valence-electron chi connectivity index (χ2n) is 7.45. The van der Waals surface area contributed by atoms with Crippen LogP contribution < -0.4 is 10.6 Å². The molecule has 2 saturated heterocycles. The van der Waals surface area contributed by atoms with Crippen LogP contribution in [0.25, 0.3) is 10.9 Å². The van der Waals surface area contributed by atoms with Crippen molar-refractivity contribution in [1.29, 1.82) is 0 Å². The van der Waals surface area contributed by atoms with Gasteiger partial charge >= 0.3 is 0 Å². The normalized spacial score (nSPS) is 23.9. The summed E-state index contributed by atoms with van der Waals surface area (Å²) in [5.41, 5.74) is 1.98. The Balaban J connectivity index is 1.32. The van der Waals surface area contributed by atoms with Crippen LogP contribution in [0.5, 0.6) is 0 Å². The molecule has 29 heavy (non-hydrogen) atoms. The van der Waals surface area contributed by atoms with Crippen LogP contribution in [0.15, 0.2) is 53.3 Å². The predicted molar refractivity (Wildman–Crippen MR) is 104 cm³/mol. The van der Waals surface area contributed by atoms with Crippen molar-refractivity contribution in [3.05, 3.63) is 60.2 Å². The van der Waals surface area contributed by atoms with E-state index in [4.69, 9.17) is 4.42 Å². The zero-order chi connectivity index (χ0) is 20.0. The first-order valence-corrected chi connectivity index (χ1v) is 9.62. The molecule has 1 aromatic carbocycles. The van der Waals surface area contributed by atoms with E-state index >= 15 is 0 Å². The molecule has 3 N–H and O–H groups in total. The zero-order valence-electron chi connectivity index (χ0n) is 15.6. The molecule has 0 radical (unpaired) electrons. The first-order chi connectivity index (χ1) is 14.1. The van der Waals surface area contributed by atoms with E-state index in [2.05, 4.69) is 15.6 Å². The molecule has 8 nitrogen and oxygen atoms in total. The number of H-pyrrole nitrogens is 1. The summed E-state index contributed by atoms with van der Waals surface area (Å²) in [5, 5.41) is 6.73. The fourth-order valence-corrected chi connectivity index (χ4v) is 4.34. The largest absolute Gasteiger partial charge is 0.459 e. The van der Waals surface area contributed by atoms with Crippen LogP contribution in [-0.4, -0.2) is 52.3 Å². The Kier molecular flexibility index (Phi) is 4.12. The number of nitrogens with one attached hydrogen (secondary N) is 3. The van der Waals surface area contributed by atoms with Gasteiger partial charge in [-0.15, -0.1) is 0 Å². The number of rotatable bonds is 4. The van der Waals surface area contributed by atoms with Crippen molar-refractivity contribution >= 4 is 28.6 Å². The van der Waals surface area contributed by atoms with Gasteiger partial charge in [0.2, 0.25) is 11.8 Å². The molecule has 2 aliphatic heterocycles. The molecule has 2 aliphatic rings. The molecule has 0 spiro atoms. The van der Waals surface area contributed by atoms with Crippen molar-refractivity contribution in [2.75, 3.05) is 6.54 Å². The zero-order valence-corrected chi connectivity index (χ0v) is 15.6. The van der Waals surface area contributed by atoms with Crippen LogP contribution in [0.1, 0.15) is 22.5 Å². The third-order valence-electron chi connectivity index (χ3n) is 5.72. The highest BCUT2D eigenvalue weighted by Gasteiger charge is 2.48. The molecule has 5 rings (SSSR count). The van der Waals surface area contributed by atoms with Gasteiger partial charge in [0.15, 0.2) is 5.76 Å². The number of fused-ring (bicyclic) bond motifs is 2. The van der Waals surface area contributed by atoms with E-state index in [1.54, 1.807) is 17.0 Å². The van der Waals surface area contributed by atoms with E-state index in [1.807, 2.05) is 30.5 Å². The molecule has 148 valence electrons. The van der Waals surface area contributed by atoms with Crippen LogP contribution in [-0.2, 0) is 16.0 Å². The van der Waals surface area contributed by atoms with Crippen LogP contribution in [0.2, 0.25) is 0 Å². The molecule has 0 aliphatic carbocycles. The fraction of sp³-hybridized carbons (Fsp3) is 0.286. The summed E-state index contributed by atoms with van der Waals surface area (Å²) in [5.74, 6) is -0.558. The Hall–Kier alpha value is -3.55. The highest BCUT2D eigenvalue weighted by molar-refractivity contribution is 5.99. The fourth-order valence-electron chi connectivity index (χ4n) is 4.34. The summed E-state index contributed by atoms with van der Waals surface area (Å²) in [7, 11) is 0. The molecule has 3 unspecified atom stereocenters. The van der Waals surface area contributed by atoms with E-state index in [0.29, 0.717) is 19.4 Å². The predicted octanol–water partition coefficient (Wildman–Crippen LogP) is 1.20. The van der Waals surface area contributed by atoms with E-state index < -0.39 is 18.1 Å². The van der Waals surface area contributed by atoms with Crippen molar-refractivity contribution < 1.29 is 18.8 Å². The smallest absolute Gasteiger partial charge is 0.287 e. The van der Waals surface area contributed by atoms with Gasteiger partial charge in [-0.2, -0.15) is 0 Å². The van der Waals surface area contributed by atoms with Gasteiger partial charge in [-0.05, 0) is 30.2 Å². The number of aromatic nitrogens is 1. The highest BCUT2D eigenvalue weighted by atomic mass is 16.3. The summed E-state index contributed by atoms with van der Waals surface area (Å²) < 4.78 is 5.10. The lowest BCUT2D eigenvalue weighted by Crippen LogP contribution is -2.65. The number of carbonyl (C=O) groups is 3. The minimum atomic E-state index is -0.694. The second-order valence-corrected chi connectivity index (χ2v) is 7.45. The van der Waals surface area contributed by atoms with Gasteiger partial charge in [0.05, 0.1) is 12.3 Å². The number of hydrogen-bond acceptors (Lipinski definition) is 4. The number of para-hydroxylation sites is 1. The topological polar surface area (TPSA) is 107 Å². The number of aromatic amines is 1. The summed E-state index contributed by atoms with van der Waals surface area (Å²) >= 11 is 0. The van der Waals surface area contributed by atoms with Gasteiger partial charge in [-0.1, -0.05) is 18.2 Å². The number of furan rings is 1. The van der Waals surface area contributed by atoms with Crippen molar-refractivity contribution in [2.45, 2.75) is 31.0 Å². The quantitative estimate of drug-likeness (QED) is 0.620. The van der Waals surface area contributed by atoms with Crippen molar-refractivity contribution in [1.82, 2.24) is 20.5 Å². The third kappa shape index (κ3) is 2.97. The highest BCUT2D eigenvalue weighted by Crippen LogP contribution is 2.26. The molecule has 3 atom stereocenters. The molecule has 8 heteroatoms. The Labute approximate surface area is 166 Å². The van der Waals surface area contributed by atoms with E-state index in [1.165, 1.54) is 6.26 Å². The summed E-state index contributed by atoms with van der Waals surface area (Å²) in [4.78, 5) is 42.9. The molecule has 2 aromatic heterocycles. The summed E-state index contributed by atoms with van der Waals surface area (Å²) in [6.45, 7) is 0.435.